The van der Waals surface area contributed by atoms with Gasteiger partial charge in [0, 0.05) is 5.92 Å². The minimum atomic E-state index is -1.08. The second-order valence-corrected chi connectivity index (χ2v) is 5.10. The Bertz CT molecular complexity index is 297. The lowest BCUT2D eigenvalue weighted by Crippen LogP contribution is -2.55. The maximum atomic E-state index is 12.1. The van der Waals surface area contributed by atoms with Crippen LogP contribution in [0.4, 0.5) is 0 Å². The highest BCUT2D eigenvalue weighted by Crippen LogP contribution is 2.32. The maximum absolute atomic E-state index is 12.1. The van der Waals surface area contributed by atoms with Crippen LogP contribution in [0.2, 0.25) is 0 Å². The average molecular weight is 241 g/mol. The molecule has 0 spiro atoms. The van der Waals surface area contributed by atoms with E-state index in [1.807, 2.05) is 0 Å². The largest absolute Gasteiger partial charge is 0.480 e. The van der Waals surface area contributed by atoms with Crippen LogP contribution in [0.3, 0.4) is 0 Å². The van der Waals surface area contributed by atoms with Crippen LogP contribution in [-0.4, -0.2) is 22.5 Å². The predicted octanol–water partition coefficient (Wildman–Crippen LogP) is 2.18. The first-order valence-corrected chi connectivity index (χ1v) is 6.52. The Morgan fingerprint density at radius 3 is 2.24 bits per heavy atom. The number of carbonyl (C=O) groups excluding carboxylic acids is 1. The van der Waals surface area contributed by atoms with Crippen LogP contribution in [0.1, 0.15) is 52.9 Å². The van der Waals surface area contributed by atoms with Crippen molar-refractivity contribution >= 4 is 11.9 Å². The van der Waals surface area contributed by atoms with Gasteiger partial charge >= 0.3 is 5.97 Å². The lowest BCUT2D eigenvalue weighted by molar-refractivity contribution is -0.149. The van der Waals surface area contributed by atoms with E-state index in [4.69, 9.17) is 0 Å². The summed E-state index contributed by atoms with van der Waals surface area (Å²) in [5, 5.41) is 12.0. The minimum absolute atomic E-state index is 0.00757. The van der Waals surface area contributed by atoms with Crippen molar-refractivity contribution in [3.8, 4) is 0 Å². The van der Waals surface area contributed by atoms with Gasteiger partial charge in [0.1, 0.15) is 5.54 Å². The number of aliphatic carboxylic acids is 1. The molecule has 1 aliphatic carbocycles. The molecule has 0 radical (unpaired) electrons. The molecule has 1 rings (SSSR count). The number of carbonyl (C=O) groups is 2. The van der Waals surface area contributed by atoms with E-state index in [1.165, 1.54) is 0 Å². The van der Waals surface area contributed by atoms with Crippen molar-refractivity contribution in [1.82, 2.24) is 5.32 Å². The highest BCUT2D eigenvalue weighted by Gasteiger charge is 2.39. The number of hydrogen-bond donors (Lipinski definition) is 2. The van der Waals surface area contributed by atoms with Crippen molar-refractivity contribution in [3.05, 3.63) is 0 Å². The smallest absolute Gasteiger partial charge is 0.329 e. The molecule has 1 fully saturated rings. The van der Waals surface area contributed by atoms with Crippen LogP contribution in [0.5, 0.6) is 0 Å². The first-order chi connectivity index (χ1) is 7.96. The molecule has 0 saturated heterocycles. The van der Waals surface area contributed by atoms with E-state index in [9.17, 15) is 14.7 Å². The minimum Gasteiger partial charge on any atom is -0.480 e. The van der Waals surface area contributed by atoms with Crippen molar-refractivity contribution < 1.29 is 14.7 Å². The van der Waals surface area contributed by atoms with E-state index < -0.39 is 11.5 Å². The second kappa shape index (κ2) is 5.52. The van der Waals surface area contributed by atoms with Gasteiger partial charge in [0.15, 0.2) is 0 Å². The highest BCUT2D eigenvalue weighted by molar-refractivity contribution is 5.88. The molecule has 1 saturated carbocycles. The van der Waals surface area contributed by atoms with Gasteiger partial charge in [0.2, 0.25) is 5.91 Å². The van der Waals surface area contributed by atoms with Gasteiger partial charge in [0.05, 0.1) is 0 Å². The Labute approximate surface area is 103 Å². The van der Waals surface area contributed by atoms with Crippen molar-refractivity contribution in [2.75, 3.05) is 0 Å². The van der Waals surface area contributed by atoms with Crippen molar-refractivity contribution in [2.24, 2.45) is 11.8 Å². The van der Waals surface area contributed by atoms with E-state index in [0.717, 1.165) is 19.3 Å². The van der Waals surface area contributed by atoms with Crippen LogP contribution < -0.4 is 5.32 Å². The first kappa shape index (κ1) is 14.0. The molecular weight excluding hydrogens is 218 g/mol. The Morgan fingerprint density at radius 1 is 1.29 bits per heavy atom. The Kier molecular flexibility index (Phi) is 4.54. The summed E-state index contributed by atoms with van der Waals surface area (Å²) in [7, 11) is 0. The fourth-order valence-electron chi connectivity index (χ4n) is 2.65. The SMILES string of the molecule is CCC(CC)(NC(=O)C1CCCC1C)C(=O)O. The molecule has 0 aliphatic heterocycles. The topological polar surface area (TPSA) is 66.4 Å². The number of amides is 1. The summed E-state index contributed by atoms with van der Waals surface area (Å²) < 4.78 is 0. The fourth-order valence-corrected chi connectivity index (χ4v) is 2.65. The zero-order valence-corrected chi connectivity index (χ0v) is 11.0. The van der Waals surface area contributed by atoms with E-state index >= 15 is 0 Å². The summed E-state index contributed by atoms with van der Waals surface area (Å²) in [6.07, 6.45) is 3.86. The molecule has 0 heterocycles. The second-order valence-electron chi connectivity index (χ2n) is 5.10. The Hall–Kier alpha value is -1.06. The molecule has 4 heteroatoms. The van der Waals surface area contributed by atoms with Gasteiger partial charge < -0.3 is 10.4 Å². The molecule has 4 nitrogen and oxygen atoms in total. The number of carboxylic acid groups (broad SMARTS) is 1. The summed E-state index contributed by atoms with van der Waals surface area (Å²) in [6.45, 7) is 5.67. The van der Waals surface area contributed by atoms with E-state index in [-0.39, 0.29) is 11.8 Å². The summed E-state index contributed by atoms with van der Waals surface area (Å²) in [5.74, 6) is -0.648. The number of rotatable bonds is 5. The molecule has 2 unspecified atom stereocenters. The van der Waals surface area contributed by atoms with Crippen molar-refractivity contribution in [2.45, 2.75) is 58.4 Å². The third-order valence-electron chi connectivity index (χ3n) is 4.18. The van der Waals surface area contributed by atoms with Crippen LogP contribution in [0, 0.1) is 11.8 Å². The lowest BCUT2D eigenvalue weighted by Gasteiger charge is -2.30. The molecule has 0 aromatic rings. The van der Waals surface area contributed by atoms with Crippen LogP contribution in [0.15, 0.2) is 0 Å². The van der Waals surface area contributed by atoms with Crippen LogP contribution in [0.25, 0.3) is 0 Å². The molecule has 1 aliphatic rings. The third kappa shape index (κ3) is 2.79. The van der Waals surface area contributed by atoms with Crippen molar-refractivity contribution in [3.63, 3.8) is 0 Å². The fraction of sp³-hybridized carbons (Fsp3) is 0.846. The van der Waals surface area contributed by atoms with Gasteiger partial charge in [0.25, 0.3) is 0 Å². The number of hydrogen-bond acceptors (Lipinski definition) is 2. The zero-order chi connectivity index (χ0) is 13.1. The third-order valence-corrected chi connectivity index (χ3v) is 4.18. The quantitative estimate of drug-likeness (QED) is 0.775. The molecule has 17 heavy (non-hydrogen) atoms. The first-order valence-electron chi connectivity index (χ1n) is 6.52. The lowest BCUT2D eigenvalue weighted by atomic mass is 9.90. The van der Waals surface area contributed by atoms with Crippen LogP contribution in [-0.2, 0) is 9.59 Å². The normalized spacial score (nSPS) is 24.6. The standard InChI is InChI=1S/C13H23NO3/c1-4-13(5-2,12(16)17)14-11(15)10-8-6-7-9(10)3/h9-10H,4-8H2,1-3H3,(H,14,15)(H,16,17). The maximum Gasteiger partial charge on any atom is 0.329 e. The molecule has 2 N–H and O–H groups in total. The number of nitrogens with one attached hydrogen (secondary N) is 1. The van der Waals surface area contributed by atoms with Gasteiger partial charge in [-0.15, -0.1) is 0 Å². The molecule has 2 atom stereocenters. The zero-order valence-electron chi connectivity index (χ0n) is 11.0. The highest BCUT2D eigenvalue weighted by atomic mass is 16.4. The van der Waals surface area contributed by atoms with E-state index in [2.05, 4.69) is 12.2 Å². The van der Waals surface area contributed by atoms with Gasteiger partial charge in [-0.1, -0.05) is 27.2 Å². The van der Waals surface area contributed by atoms with Gasteiger partial charge in [-0.2, -0.15) is 0 Å². The molecule has 98 valence electrons. The van der Waals surface area contributed by atoms with Crippen molar-refractivity contribution in [1.29, 1.82) is 0 Å². The molecule has 0 bridgehead atoms. The summed E-state index contributed by atoms with van der Waals surface area (Å²) in [5.41, 5.74) is -1.08. The summed E-state index contributed by atoms with van der Waals surface area (Å²) in [6, 6.07) is 0. The molecular formula is C13H23NO3. The summed E-state index contributed by atoms with van der Waals surface area (Å²) >= 11 is 0. The van der Waals surface area contributed by atoms with Gasteiger partial charge in [-0.05, 0) is 31.6 Å². The van der Waals surface area contributed by atoms with E-state index in [0.29, 0.717) is 18.8 Å². The Balaban J connectivity index is 2.74. The van der Waals surface area contributed by atoms with Gasteiger partial charge in [-0.3, -0.25) is 4.79 Å². The molecule has 1 amide bonds. The monoisotopic (exact) mass is 241 g/mol. The predicted molar refractivity (Wildman–Crippen MR) is 65.6 cm³/mol. The molecule has 0 aromatic carbocycles. The molecule has 0 aromatic heterocycles. The van der Waals surface area contributed by atoms with E-state index in [1.54, 1.807) is 13.8 Å². The Morgan fingerprint density at radius 2 is 1.88 bits per heavy atom. The number of carboxylic acids is 1. The van der Waals surface area contributed by atoms with Crippen LogP contribution >= 0.6 is 0 Å². The van der Waals surface area contributed by atoms with Gasteiger partial charge in [-0.25, -0.2) is 4.79 Å². The average Bonchev–Trinajstić information content (AvgIpc) is 2.72. The summed E-state index contributed by atoms with van der Waals surface area (Å²) in [4.78, 5) is 23.4.